The molecule has 9 nitrogen and oxygen atoms in total. The van der Waals surface area contributed by atoms with Gasteiger partial charge < -0.3 is 14.8 Å². The molecule has 1 N–H and O–H groups in total. The van der Waals surface area contributed by atoms with Crippen LogP contribution in [0.25, 0.3) is 0 Å². The van der Waals surface area contributed by atoms with Crippen molar-refractivity contribution in [3.05, 3.63) is 89.5 Å². The van der Waals surface area contributed by atoms with E-state index in [1.54, 1.807) is 6.07 Å². The van der Waals surface area contributed by atoms with Crippen molar-refractivity contribution < 1.29 is 45.4 Å². The Balaban J connectivity index is 2.05. The smallest absolute Gasteiger partial charge is 0.416 e. The Labute approximate surface area is 215 Å². The van der Waals surface area contributed by atoms with Crippen molar-refractivity contribution in [2.45, 2.75) is 11.1 Å². The summed E-state index contributed by atoms with van der Waals surface area (Å²) in [5.74, 6) is -2.67. The minimum atomic E-state index is -4.77. The Morgan fingerprint density at radius 2 is 1.53 bits per heavy atom. The lowest BCUT2D eigenvalue weighted by Crippen LogP contribution is -2.38. The highest BCUT2D eigenvalue weighted by molar-refractivity contribution is 7.92. The van der Waals surface area contributed by atoms with Crippen LogP contribution < -0.4 is 9.62 Å². The number of anilines is 2. The zero-order chi connectivity index (χ0) is 28.1. The third-order valence-electron chi connectivity index (χ3n) is 5.20. The molecule has 0 unspecified atom stereocenters. The summed E-state index contributed by atoms with van der Waals surface area (Å²) in [6, 6.07) is 13.9. The topological polar surface area (TPSA) is 119 Å². The van der Waals surface area contributed by atoms with E-state index in [9.17, 15) is 36.0 Å². The van der Waals surface area contributed by atoms with Crippen molar-refractivity contribution in [1.29, 1.82) is 0 Å². The maximum atomic E-state index is 13.4. The number of amides is 1. The van der Waals surface area contributed by atoms with Crippen molar-refractivity contribution >= 4 is 39.2 Å². The largest absolute Gasteiger partial charge is 0.465 e. The second-order valence-corrected chi connectivity index (χ2v) is 9.53. The Bertz CT molecular complexity index is 1460. The zero-order valence-electron chi connectivity index (χ0n) is 20.0. The summed E-state index contributed by atoms with van der Waals surface area (Å²) in [7, 11) is -2.31. The van der Waals surface area contributed by atoms with E-state index in [1.807, 2.05) is 0 Å². The summed E-state index contributed by atoms with van der Waals surface area (Å²) in [6.07, 6.45) is -4.77. The molecule has 0 aliphatic carbocycles. The summed E-state index contributed by atoms with van der Waals surface area (Å²) < 4.78 is 76.7. The first-order valence-corrected chi connectivity index (χ1v) is 12.2. The van der Waals surface area contributed by atoms with Crippen molar-refractivity contribution in [2.75, 3.05) is 30.4 Å². The molecule has 0 aliphatic rings. The van der Waals surface area contributed by atoms with E-state index in [-0.39, 0.29) is 21.7 Å². The number of ether oxygens (including phenoxy) is 2. The molecule has 3 rings (SSSR count). The quantitative estimate of drug-likeness (QED) is 0.419. The number of carbonyl (C=O) groups is 3. The van der Waals surface area contributed by atoms with Gasteiger partial charge in [0.25, 0.3) is 10.0 Å². The van der Waals surface area contributed by atoms with Crippen LogP contribution in [0.15, 0.2) is 77.7 Å². The Morgan fingerprint density at radius 1 is 0.868 bits per heavy atom. The number of rotatable bonds is 8. The van der Waals surface area contributed by atoms with Crippen LogP contribution in [0.5, 0.6) is 0 Å². The molecular weight excluding hydrogens is 529 g/mol. The van der Waals surface area contributed by atoms with E-state index >= 15 is 0 Å². The van der Waals surface area contributed by atoms with Gasteiger partial charge in [-0.2, -0.15) is 13.2 Å². The fourth-order valence-electron chi connectivity index (χ4n) is 3.37. The Kier molecular flexibility index (Phi) is 8.41. The minimum Gasteiger partial charge on any atom is -0.465 e. The number of benzene rings is 3. The lowest BCUT2D eigenvalue weighted by atomic mass is 10.1. The molecular formula is C25H21F3N2O7S. The Hall–Kier alpha value is -4.39. The molecule has 13 heteroatoms. The summed E-state index contributed by atoms with van der Waals surface area (Å²) >= 11 is 0. The molecule has 38 heavy (non-hydrogen) atoms. The first-order valence-electron chi connectivity index (χ1n) is 10.7. The van der Waals surface area contributed by atoms with Crippen LogP contribution in [0.1, 0.15) is 26.3 Å². The lowest BCUT2D eigenvalue weighted by Gasteiger charge is -2.25. The number of sulfonamides is 1. The van der Waals surface area contributed by atoms with E-state index in [0.29, 0.717) is 10.4 Å². The molecule has 1 amide bonds. The van der Waals surface area contributed by atoms with Crippen LogP contribution in [-0.4, -0.2) is 47.0 Å². The van der Waals surface area contributed by atoms with Gasteiger partial charge in [-0.15, -0.1) is 0 Å². The zero-order valence-corrected chi connectivity index (χ0v) is 20.8. The molecule has 0 heterocycles. The van der Waals surface area contributed by atoms with Crippen molar-refractivity contribution in [3.8, 4) is 0 Å². The number of hydrogen-bond donors (Lipinski definition) is 1. The van der Waals surface area contributed by atoms with Gasteiger partial charge in [-0.05, 0) is 48.5 Å². The molecule has 0 aromatic heterocycles. The predicted molar refractivity (Wildman–Crippen MR) is 130 cm³/mol. The van der Waals surface area contributed by atoms with Crippen LogP contribution in [-0.2, 0) is 30.5 Å². The van der Waals surface area contributed by atoms with Gasteiger partial charge in [0.05, 0.1) is 47.2 Å². The molecule has 0 saturated carbocycles. The van der Waals surface area contributed by atoms with E-state index in [0.717, 1.165) is 38.5 Å². The fourth-order valence-corrected chi connectivity index (χ4v) is 4.81. The highest BCUT2D eigenvalue weighted by Gasteiger charge is 2.33. The first kappa shape index (κ1) is 28.2. The third kappa shape index (κ3) is 6.29. The molecule has 0 fully saturated rings. The molecule has 0 saturated heterocycles. The van der Waals surface area contributed by atoms with Crippen LogP contribution >= 0.6 is 0 Å². The average molecular weight is 551 g/mol. The highest BCUT2D eigenvalue weighted by atomic mass is 32.2. The standard InChI is InChI=1S/C25H21F3N2O7S/c1-36-23(32)16-11-12-20(24(33)37-2)21(13-16)29-22(31)15-30(38(34,35)19-9-4-3-5-10-19)18-8-6-7-17(14-18)25(26,27)28/h3-14H,15H2,1-2H3,(H,29,31). The van der Waals surface area contributed by atoms with Crippen LogP contribution in [0, 0.1) is 0 Å². The molecule has 0 spiro atoms. The number of hydrogen-bond acceptors (Lipinski definition) is 7. The van der Waals surface area contributed by atoms with Gasteiger partial charge in [0.1, 0.15) is 6.54 Å². The summed E-state index contributed by atoms with van der Waals surface area (Å²) in [5, 5.41) is 2.34. The monoisotopic (exact) mass is 550 g/mol. The number of carbonyl (C=O) groups excluding carboxylic acids is 3. The summed E-state index contributed by atoms with van der Waals surface area (Å²) in [4.78, 5) is 36.9. The van der Waals surface area contributed by atoms with Gasteiger partial charge in [0.15, 0.2) is 0 Å². The number of halogens is 3. The van der Waals surface area contributed by atoms with Crippen molar-refractivity contribution in [2.24, 2.45) is 0 Å². The lowest BCUT2D eigenvalue weighted by molar-refractivity contribution is -0.137. The van der Waals surface area contributed by atoms with Gasteiger partial charge in [-0.25, -0.2) is 18.0 Å². The van der Waals surface area contributed by atoms with Gasteiger partial charge in [-0.1, -0.05) is 24.3 Å². The molecule has 3 aromatic rings. The SMILES string of the molecule is COC(=O)c1ccc(C(=O)OC)c(NC(=O)CN(c2cccc(C(F)(F)F)c2)S(=O)(=O)c2ccccc2)c1. The number of nitrogens with zero attached hydrogens (tertiary/aromatic N) is 1. The minimum absolute atomic E-state index is 0.0397. The number of alkyl halides is 3. The maximum Gasteiger partial charge on any atom is 0.416 e. The fraction of sp³-hybridized carbons (Fsp3) is 0.160. The second-order valence-electron chi connectivity index (χ2n) is 7.66. The van der Waals surface area contributed by atoms with Gasteiger partial charge in [0.2, 0.25) is 5.91 Å². The molecule has 0 atom stereocenters. The van der Waals surface area contributed by atoms with Gasteiger partial charge in [-0.3, -0.25) is 9.10 Å². The first-order chi connectivity index (χ1) is 17.9. The van der Waals surface area contributed by atoms with Crippen LogP contribution in [0.2, 0.25) is 0 Å². The second kappa shape index (κ2) is 11.3. The predicted octanol–water partition coefficient (Wildman–Crippen LogP) is 4.11. The van der Waals surface area contributed by atoms with Gasteiger partial charge >= 0.3 is 18.1 Å². The van der Waals surface area contributed by atoms with E-state index < -0.39 is 51.8 Å². The van der Waals surface area contributed by atoms with Gasteiger partial charge in [0, 0.05) is 0 Å². The normalized spacial score (nSPS) is 11.4. The van der Waals surface area contributed by atoms with Crippen LogP contribution in [0.3, 0.4) is 0 Å². The Morgan fingerprint density at radius 3 is 2.13 bits per heavy atom. The maximum absolute atomic E-state index is 13.4. The summed E-state index contributed by atoms with van der Waals surface area (Å²) in [5.41, 5.74) is -1.95. The van der Waals surface area contributed by atoms with E-state index in [1.165, 1.54) is 36.4 Å². The molecule has 3 aromatic carbocycles. The molecule has 0 bridgehead atoms. The molecule has 0 radical (unpaired) electrons. The summed E-state index contributed by atoms with van der Waals surface area (Å²) in [6.45, 7) is -0.971. The highest BCUT2D eigenvalue weighted by Crippen LogP contribution is 2.33. The van der Waals surface area contributed by atoms with Crippen molar-refractivity contribution in [1.82, 2.24) is 0 Å². The molecule has 0 aliphatic heterocycles. The third-order valence-corrected chi connectivity index (χ3v) is 6.99. The van der Waals surface area contributed by atoms with E-state index in [4.69, 9.17) is 0 Å². The number of methoxy groups -OCH3 is 2. The van der Waals surface area contributed by atoms with Crippen LogP contribution in [0.4, 0.5) is 24.5 Å². The molecule has 200 valence electrons. The van der Waals surface area contributed by atoms with E-state index in [2.05, 4.69) is 14.8 Å². The number of nitrogens with one attached hydrogen (secondary N) is 1. The number of esters is 2. The average Bonchev–Trinajstić information content (AvgIpc) is 2.90. The van der Waals surface area contributed by atoms with Crippen molar-refractivity contribution in [3.63, 3.8) is 0 Å².